The molecule has 0 spiro atoms. The largest absolute Gasteiger partial charge is 0.475 e. The van der Waals surface area contributed by atoms with Crippen LogP contribution in [-0.2, 0) is 22.7 Å². The maximum atomic E-state index is 12.3. The molecule has 8 nitrogen and oxygen atoms in total. The molecule has 0 aliphatic heterocycles. The normalized spacial score (nSPS) is 10.8. The Morgan fingerprint density at radius 2 is 1.86 bits per heavy atom. The predicted molar refractivity (Wildman–Crippen MR) is 100 cm³/mol. The minimum Gasteiger partial charge on any atom is -0.475 e. The number of benzene rings is 2. The summed E-state index contributed by atoms with van der Waals surface area (Å²) in [7, 11) is 0. The number of carbonyl (C=O) groups excluding carboxylic acids is 1. The Morgan fingerprint density at radius 3 is 2.54 bits per heavy atom. The number of esters is 1. The van der Waals surface area contributed by atoms with Gasteiger partial charge in [-0.15, -0.1) is 0 Å². The SMILES string of the molecule is CCOC(=O)c1ccc(COCc2cccc3nc(C(=O)O)[nH]c(=O)c23)cc1. The van der Waals surface area contributed by atoms with Gasteiger partial charge in [-0.25, -0.2) is 14.6 Å². The molecule has 0 radical (unpaired) electrons. The first-order chi connectivity index (χ1) is 13.5. The molecule has 1 heterocycles. The lowest BCUT2D eigenvalue weighted by Crippen LogP contribution is -2.17. The fourth-order valence-corrected chi connectivity index (χ4v) is 2.71. The topological polar surface area (TPSA) is 119 Å². The van der Waals surface area contributed by atoms with Crippen molar-refractivity contribution in [2.24, 2.45) is 0 Å². The van der Waals surface area contributed by atoms with Crippen LogP contribution >= 0.6 is 0 Å². The lowest BCUT2D eigenvalue weighted by Gasteiger charge is -2.08. The number of fused-ring (bicyclic) bond motifs is 1. The first-order valence-electron chi connectivity index (χ1n) is 8.58. The Hall–Kier alpha value is -3.52. The average molecular weight is 382 g/mol. The fraction of sp³-hybridized carbons (Fsp3) is 0.200. The minimum absolute atomic E-state index is 0.147. The highest BCUT2D eigenvalue weighted by Crippen LogP contribution is 2.15. The molecule has 0 atom stereocenters. The quantitative estimate of drug-likeness (QED) is 0.603. The van der Waals surface area contributed by atoms with Gasteiger partial charge in [0.2, 0.25) is 5.82 Å². The molecule has 3 aromatic rings. The highest BCUT2D eigenvalue weighted by atomic mass is 16.5. The summed E-state index contributed by atoms with van der Waals surface area (Å²) >= 11 is 0. The minimum atomic E-state index is -1.30. The number of nitrogens with zero attached hydrogens (tertiary/aromatic N) is 1. The monoisotopic (exact) mass is 382 g/mol. The van der Waals surface area contributed by atoms with E-state index in [4.69, 9.17) is 14.6 Å². The van der Waals surface area contributed by atoms with Crippen LogP contribution in [-0.4, -0.2) is 33.6 Å². The molecule has 28 heavy (non-hydrogen) atoms. The number of hydrogen-bond acceptors (Lipinski definition) is 6. The van der Waals surface area contributed by atoms with Crippen LogP contribution in [0.1, 0.15) is 39.0 Å². The van der Waals surface area contributed by atoms with Crippen LogP contribution in [0.4, 0.5) is 0 Å². The van der Waals surface area contributed by atoms with Crippen LogP contribution in [0.15, 0.2) is 47.3 Å². The number of carboxylic acids is 1. The Morgan fingerprint density at radius 1 is 1.11 bits per heavy atom. The third-order valence-corrected chi connectivity index (χ3v) is 4.01. The van der Waals surface area contributed by atoms with Crippen molar-refractivity contribution in [2.75, 3.05) is 6.61 Å². The van der Waals surface area contributed by atoms with Crippen molar-refractivity contribution < 1.29 is 24.2 Å². The van der Waals surface area contributed by atoms with E-state index in [0.29, 0.717) is 28.6 Å². The molecule has 2 aromatic carbocycles. The maximum Gasteiger partial charge on any atom is 0.372 e. The van der Waals surface area contributed by atoms with Crippen LogP contribution in [0, 0.1) is 0 Å². The van der Waals surface area contributed by atoms with Gasteiger partial charge in [0.15, 0.2) is 0 Å². The highest BCUT2D eigenvalue weighted by molar-refractivity contribution is 5.89. The lowest BCUT2D eigenvalue weighted by molar-refractivity contribution is 0.0525. The van der Waals surface area contributed by atoms with E-state index in [1.165, 1.54) is 0 Å². The Bertz CT molecular complexity index is 1070. The van der Waals surface area contributed by atoms with E-state index in [0.717, 1.165) is 5.56 Å². The van der Waals surface area contributed by atoms with E-state index < -0.39 is 17.4 Å². The number of carbonyl (C=O) groups is 2. The Labute approximate surface area is 159 Å². The Kier molecular flexibility index (Phi) is 5.81. The molecule has 8 heteroatoms. The third-order valence-electron chi connectivity index (χ3n) is 4.01. The summed E-state index contributed by atoms with van der Waals surface area (Å²) in [5.41, 5.74) is 1.69. The van der Waals surface area contributed by atoms with E-state index >= 15 is 0 Å². The summed E-state index contributed by atoms with van der Waals surface area (Å²) in [6.45, 7) is 2.49. The molecular formula is C20H18N2O6. The number of aromatic nitrogens is 2. The van der Waals surface area contributed by atoms with Gasteiger partial charge in [-0.3, -0.25) is 4.79 Å². The van der Waals surface area contributed by atoms with Gasteiger partial charge in [0.05, 0.1) is 36.3 Å². The number of aromatic amines is 1. The van der Waals surface area contributed by atoms with E-state index in [1.807, 2.05) is 0 Å². The summed E-state index contributed by atoms with van der Waals surface area (Å²) in [6.07, 6.45) is 0. The second-order valence-corrected chi connectivity index (χ2v) is 5.94. The van der Waals surface area contributed by atoms with Crippen LogP contribution < -0.4 is 5.56 Å². The van der Waals surface area contributed by atoms with Gasteiger partial charge in [-0.2, -0.15) is 0 Å². The van der Waals surface area contributed by atoms with Crippen molar-refractivity contribution >= 4 is 22.8 Å². The van der Waals surface area contributed by atoms with Crippen molar-refractivity contribution in [2.45, 2.75) is 20.1 Å². The van der Waals surface area contributed by atoms with Gasteiger partial charge < -0.3 is 19.6 Å². The zero-order valence-electron chi connectivity index (χ0n) is 15.1. The van der Waals surface area contributed by atoms with Gasteiger partial charge in [-0.05, 0) is 36.2 Å². The number of ether oxygens (including phenoxy) is 2. The molecule has 144 valence electrons. The molecule has 1 aromatic heterocycles. The molecule has 3 rings (SSSR count). The first-order valence-corrected chi connectivity index (χ1v) is 8.58. The first kappa shape index (κ1) is 19.2. The summed E-state index contributed by atoms with van der Waals surface area (Å²) < 4.78 is 10.6. The summed E-state index contributed by atoms with van der Waals surface area (Å²) in [4.78, 5) is 41.1. The van der Waals surface area contributed by atoms with Gasteiger partial charge in [0.1, 0.15) is 0 Å². The van der Waals surface area contributed by atoms with Crippen LogP contribution in [0.3, 0.4) is 0 Å². The molecular weight excluding hydrogens is 364 g/mol. The van der Waals surface area contributed by atoms with Crippen LogP contribution in [0.5, 0.6) is 0 Å². The van der Waals surface area contributed by atoms with Gasteiger partial charge in [0, 0.05) is 0 Å². The molecule has 0 aliphatic carbocycles. The van der Waals surface area contributed by atoms with E-state index in [-0.39, 0.29) is 19.2 Å². The number of carboxylic acid groups (broad SMARTS) is 1. The van der Waals surface area contributed by atoms with Gasteiger partial charge >= 0.3 is 11.9 Å². The molecule has 0 amide bonds. The molecule has 0 saturated carbocycles. The average Bonchev–Trinajstić information content (AvgIpc) is 2.68. The second-order valence-electron chi connectivity index (χ2n) is 5.94. The summed E-state index contributed by atoms with van der Waals surface area (Å²) in [5.74, 6) is -2.08. The molecule has 0 saturated heterocycles. The van der Waals surface area contributed by atoms with Gasteiger partial charge in [-0.1, -0.05) is 24.3 Å². The number of rotatable bonds is 7. The Balaban J connectivity index is 1.71. The smallest absolute Gasteiger partial charge is 0.372 e. The highest BCUT2D eigenvalue weighted by Gasteiger charge is 2.12. The molecule has 0 aliphatic rings. The number of nitrogens with one attached hydrogen (secondary N) is 1. The van der Waals surface area contributed by atoms with Crippen LogP contribution in [0.2, 0.25) is 0 Å². The van der Waals surface area contributed by atoms with E-state index in [2.05, 4.69) is 9.97 Å². The predicted octanol–water partition coefficient (Wildman–Crippen LogP) is 2.51. The van der Waals surface area contributed by atoms with Crippen LogP contribution in [0.25, 0.3) is 10.9 Å². The standard InChI is InChI=1S/C20H18N2O6/c1-2-28-20(26)13-8-6-12(7-9-13)10-27-11-14-4-3-5-15-16(14)18(23)22-17(21-15)19(24)25/h3-9H,2,10-11H2,1H3,(H,24,25)(H,21,22,23). The number of H-pyrrole nitrogens is 1. The zero-order chi connectivity index (χ0) is 20.1. The van der Waals surface area contributed by atoms with Gasteiger partial charge in [0.25, 0.3) is 5.56 Å². The summed E-state index contributed by atoms with van der Waals surface area (Å²) in [5, 5.41) is 9.30. The molecule has 2 N–H and O–H groups in total. The third kappa shape index (κ3) is 4.24. The fourth-order valence-electron chi connectivity index (χ4n) is 2.71. The van der Waals surface area contributed by atoms with E-state index in [1.54, 1.807) is 49.4 Å². The molecule has 0 fully saturated rings. The van der Waals surface area contributed by atoms with Crippen molar-refractivity contribution in [3.05, 3.63) is 75.3 Å². The zero-order valence-corrected chi connectivity index (χ0v) is 15.1. The van der Waals surface area contributed by atoms with Crippen molar-refractivity contribution in [3.8, 4) is 0 Å². The maximum absolute atomic E-state index is 12.3. The molecule has 0 unspecified atom stereocenters. The van der Waals surface area contributed by atoms with E-state index in [9.17, 15) is 14.4 Å². The summed E-state index contributed by atoms with van der Waals surface area (Å²) in [6, 6.07) is 11.9. The lowest BCUT2D eigenvalue weighted by atomic mass is 10.1. The molecule has 0 bridgehead atoms. The van der Waals surface area contributed by atoms with Crippen molar-refractivity contribution in [3.63, 3.8) is 0 Å². The second kappa shape index (κ2) is 8.45. The van der Waals surface area contributed by atoms with Crippen molar-refractivity contribution in [1.29, 1.82) is 0 Å². The number of aromatic carboxylic acids is 1. The number of hydrogen-bond donors (Lipinski definition) is 2. The van der Waals surface area contributed by atoms with Crippen molar-refractivity contribution in [1.82, 2.24) is 9.97 Å².